The summed E-state index contributed by atoms with van der Waals surface area (Å²) < 4.78 is 11.3. The average Bonchev–Trinajstić information content (AvgIpc) is 1.86. The summed E-state index contributed by atoms with van der Waals surface area (Å²) >= 11 is 0. The highest BCUT2D eigenvalue weighted by Crippen LogP contribution is 2.50. The van der Waals surface area contributed by atoms with Crippen molar-refractivity contribution in [1.29, 1.82) is 0 Å². The molecule has 0 radical (unpaired) electrons. The SMILES string of the molecule is C[C@H]1C=CC[P@]1(C)=O. The summed E-state index contributed by atoms with van der Waals surface area (Å²) in [4.78, 5) is 0. The molecule has 8 heavy (non-hydrogen) atoms. The van der Waals surface area contributed by atoms with E-state index in [0.717, 1.165) is 6.16 Å². The lowest BCUT2D eigenvalue weighted by Crippen LogP contribution is -1.92. The van der Waals surface area contributed by atoms with E-state index in [2.05, 4.69) is 0 Å². The van der Waals surface area contributed by atoms with Crippen LogP contribution in [0.5, 0.6) is 0 Å². The van der Waals surface area contributed by atoms with Gasteiger partial charge >= 0.3 is 0 Å². The van der Waals surface area contributed by atoms with Crippen LogP contribution in [-0.4, -0.2) is 18.5 Å². The van der Waals surface area contributed by atoms with Gasteiger partial charge in [-0.1, -0.05) is 19.1 Å². The Morgan fingerprint density at radius 1 is 1.75 bits per heavy atom. The van der Waals surface area contributed by atoms with Crippen LogP contribution in [0.25, 0.3) is 0 Å². The van der Waals surface area contributed by atoms with Crippen molar-refractivity contribution in [2.24, 2.45) is 0 Å². The molecule has 1 aliphatic heterocycles. The van der Waals surface area contributed by atoms with Gasteiger partial charge < -0.3 is 4.57 Å². The van der Waals surface area contributed by atoms with Crippen LogP contribution < -0.4 is 0 Å². The Bertz CT molecular complexity index is 160. The molecule has 0 unspecified atom stereocenters. The summed E-state index contributed by atoms with van der Waals surface area (Å²) in [6, 6.07) is 0. The predicted molar refractivity (Wildman–Crippen MR) is 37.0 cm³/mol. The second-order valence-electron chi connectivity index (χ2n) is 2.53. The molecule has 0 amide bonds. The van der Waals surface area contributed by atoms with Crippen molar-refractivity contribution in [2.45, 2.75) is 12.6 Å². The highest BCUT2D eigenvalue weighted by Gasteiger charge is 2.24. The van der Waals surface area contributed by atoms with E-state index in [1.165, 1.54) is 0 Å². The maximum atomic E-state index is 11.3. The van der Waals surface area contributed by atoms with Crippen LogP contribution in [0.15, 0.2) is 12.2 Å². The van der Waals surface area contributed by atoms with Crippen molar-refractivity contribution in [2.75, 3.05) is 12.8 Å². The van der Waals surface area contributed by atoms with Crippen molar-refractivity contribution in [3.05, 3.63) is 12.2 Å². The fourth-order valence-corrected chi connectivity index (χ4v) is 2.17. The van der Waals surface area contributed by atoms with Crippen LogP contribution in [0.4, 0.5) is 0 Å². The Balaban J connectivity index is 2.79. The standard InChI is InChI=1S/C6H11OP/c1-6-4-3-5-8(6,2)7/h3-4,6H,5H2,1-2H3/t6-,8-/m0/s1. The summed E-state index contributed by atoms with van der Waals surface area (Å²) in [5.74, 6) is 0. The van der Waals surface area contributed by atoms with Crippen molar-refractivity contribution < 1.29 is 4.57 Å². The molecule has 0 saturated carbocycles. The molecule has 0 aromatic rings. The van der Waals surface area contributed by atoms with Gasteiger partial charge in [0.25, 0.3) is 0 Å². The number of hydrogen-bond donors (Lipinski definition) is 0. The second kappa shape index (κ2) is 1.73. The Morgan fingerprint density at radius 2 is 2.38 bits per heavy atom. The van der Waals surface area contributed by atoms with E-state index in [-0.39, 0.29) is 0 Å². The zero-order valence-electron chi connectivity index (χ0n) is 5.29. The molecule has 1 aliphatic rings. The largest absolute Gasteiger partial charge is 0.323 e. The molecule has 0 aromatic heterocycles. The molecule has 46 valence electrons. The van der Waals surface area contributed by atoms with Crippen LogP contribution in [0.2, 0.25) is 0 Å². The first-order valence-electron chi connectivity index (χ1n) is 2.86. The molecule has 0 fully saturated rings. The van der Waals surface area contributed by atoms with Gasteiger partial charge in [-0.05, 0) is 6.66 Å². The molecular formula is C6H11OP. The molecule has 0 aliphatic carbocycles. The first-order valence-corrected chi connectivity index (χ1v) is 5.26. The van der Waals surface area contributed by atoms with Crippen LogP contribution in [0.1, 0.15) is 6.92 Å². The fraction of sp³-hybridized carbons (Fsp3) is 0.667. The van der Waals surface area contributed by atoms with E-state index in [1.54, 1.807) is 0 Å². The smallest absolute Gasteiger partial charge is 0.0946 e. The third-order valence-corrected chi connectivity index (χ3v) is 4.58. The summed E-state index contributed by atoms with van der Waals surface area (Å²) in [6.07, 6.45) is 4.88. The van der Waals surface area contributed by atoms with E-state index < -0.39 is 7.14 Å². The lowest BCUT2D eigenvalue weighted by Gasteiger charge is -2.07. The summed E-state index contributed by atoms with van der Waals surface area (Å²) in [5.41, 5.74) is 0.336. The van der Waals surface area contributed by atoms with Crippen LogP contribution >= 0.6 is 7.14 Å². The van der Waals surface area contributed by atoms with Gasteiger partial charge in [0, 0.05) is 11.8 Å². The normalized spacial score (nSPS) is 45.5. The Hall–Kier alpha value is -0.0300. The van der Waals surface area contributed by atoms with E-state index in [9.17, 15) is 4.57 Å². The zero-order valence-corrected chi connectivity index (χ0v) is 6.19. The number of allylic oxidation sites excluding steroid dienone is 2. The highest BCUT2D eigenvalue weighted by atomic mass is 31.2. The maximum Gasteiger partial charge on any atom is 0.0946 e. The number of rotatable bonds is 0. The van der Waals surface area contributed by atoms with Crippen LogP contribution in [0, 0.1) is 0 Å². The Kier molecular flexibility index (Phi) is 1.32. The van der Waals surface area contributed by atoms with E-state index in [4.69, 9.17) is 0 Å². The molecule has 0 bridgehead atoms. The van der Waals surface area contributed by atoms with E-state index in [1.807, 2.05) is 25.7 Å². The molecule has 0 N–H and O–H groups in total. The lowest BCUT2D eigenvalue weighted by molar-refractivity contribution is 0.579. The molecule has 1 nitrogen and oxygen atoms in total. The highest BCUT2D eigenvalue weighted by molar-refractivity contribution is 7.64. The van der Waals surface area contributed by atoms with Gasteiger partial charge in [-0.25, -0.2) is 0 Å². The van der Waals surface area contributed by atoms with Gasteiger partial charge in [0.05, 0.1) is 7.14 Å². The van der Waals surface area contributed by atoms with Gasteiger partial charge in [-0.3, -0.25) is 0 Å². The molecule has 0 saturated heterocycles. The number of hydrogen-bond acceptors (Lipinski definition) is 1. The molecule has 0 spiro atoms. The third kappa shape index (κ3) is 0.877. The molecule has 1 heterocycles. The fourth-order valence-electron chi connectivity index (χ4n) is 0.815. The minimum absolute atomic E-state index is 0.336. The minimum atomic E-state index is -1.75. The van der Waals surface area contributed by atoms with Crippen molar-refractivity contribution >= 4 is 7.14 Å². The quantitative estimate of drug-likeness (QED) is 0.361. The summed E-state index contributed by atoms with van der Waals surface area (Å²) in [6.45, 7) is 3.89. The van der Waals surface area contributed by atoms with Gasteiger partial charge in [0.2, 0.25) is 0 Å². The van der Waals surface area contributed by atoms with Gasteiger partial charge in [-0.2, -0.15) is 0 Å². The van der Waals surface area contributed by atoms with Gasteiger partial charge in [-0.15, -0.1) is 0 Å². The average molecular weight is 130 g/mol. The first-order chi connectivity index (χ1) is 3.63. The van der Waals surface area contributed by atoms with Crippen LogP contribution in [-0.2, 0) is 4.57 Å². The maximum absolute atomic E-state index is 11.3. The molecule has 2 heteroatoms. The molecule has 1 rings (SSSR count). The second-order valence-corrected chi connectivity index (χ2v) is 6.05. The van der Waals surface area contributed by atoms with E-state index >= 15 is 0 Å². The third-order valence-electron chi connectivity index (χ3n) is 1.74. The van der Waals surface area contributed by atoms with E-state index in [0.29, 0.717) is 5.66 Å². The molecular weight excluding hydrogens is 119 g/mol. The minimum Gasteiger partial charge on any atom is -0.323 e. The molecule has 0 aromatic carbocycles. The Morgan fingerprint density at radius 3 is 2.50 bits per heavy atom. The molecule has 2 atom stereocenters. The topological polar surface area (TPSA) is 17.1 Å². The zero-order chi connectivity index (χ0) is 6.20. The van der Waals surface area contributed by atoms with Crippen molar-refractivity contribution in [1.82, 2.24) is 0 Å². The Labute approximate surface area is 50.2 Å². The monoisotopic (exact) mass is 130 g/mol. The summed E-state index contributed by atoms with van der Waals surface area (Å²) in [5, 5.41) is 0. The van der Waals surface area contributed by atoms with Crippen molar-refractivity contribution in [3.63, 3.8) is 0 Å². The van der Waals surface area contributed by atoms with Crippen molar-refractivity contribution in [3.8, 4) is 0 Å². The lowest BCUT2D eigenvalue weighted by atomic mass is 10.4. The van der Waals surface area contributed by atoms with Gasteiger partial charge in [0.1, 0.15) is 0 Å². The van der Waals surface area contributed by atoms with Crippen LogP contribution in [0.3, 0.4) is 0 Å². The summed E-state index contributed by atoms with van der Waals surface area (Å²) in [7, 11) is -1.75. The van der Waals surface area contributed by atoms with Gasteiger partial charge in [0.15, 0.2) is 0 Å². The first kappa shape index (κ1) is 6.10. The predicted octanol–water partition coefficient (Wildman–Crippen LogP) is 1.94.